The zero-order chi connectivity index (χ0) is 19.4. The van der Waals surface area contributed by atoms with Crippen LogP contribution in [0, 0.1) is 6.92 Å². The Bertz CT molecular complexity index is 1040. The van der Waals surface area contributed by atoms with Crippen molar-refractivity contribution in [3.05, 3.63) is 54.5 Å². The minimum absolute atomic E-state index is 0.0454. The van der Waals surface area contributed by atoms with E-state index in [2.05, 4.69) is 14.7 Å². The molecule has 0 radical (unpaired) electrons. The van der Waals surface area contributed by atoms with Crippen LogP contribution in [-0.4, -0.2) is 42.9 Å². The number of aryl methyl sites for hydroxylation is 2. The summed E-state index contributed by atoms with van der Waals surface area (Å²) in [7, 11) is -0.305. The second-order valence-electron chi connectivity index (χ2n) is 6.05. The maximum Gasteiger partial charge on any atom is 0.213 e. The van der Waals surface area contributed by atoms with E-state index in [4.69, 9.17) is 4.74 Å². The SMILES string of the molecule is CNS(=O)(=O)CCn1cnc(-c2cccc(OC)c2)c1-c1cccc(C)n1. The van der Waals surface area contributed by atoms with E-state index in [-0.39, 0.29) is 12.3 Å². The topological polar surface area (TPSA) is 86.1 Å². The summed E-state index contributed by atoms with van der Waals surface area (Å²) in [4.78, 5) is 9.16. The van der Waals surface area contributed by atoms with E-state index in [1.54, 1.807) is 13.4 Å². The third kappa shape index (κ3) is 4.35. The molecule has 0 bridgehead atoms. The van der Waals surface area contributed by atoms with Crippen LogP contribution in [0.2, 0.25) is 0 Å². The van der Waals surface area contributed by atoms with Crippen molar-refractivity contribution in [3.63, 3.8) is 0 Å². The first-order chi connectivity index (χ1) is 12.9. The third-order valence-electron chi connectivity index (χ3n) is 4.22. The summed E-state index contributed by atoms with van der Waals surface area (Å²) in [5, 5.41) is 0. The van der Waals surface area contributed by atoms with Crippen LogP contribution in [0.3, 0.4) is 0 Å². The lowest BCUT2D eigenvalue weighted by molar-refractivity contribution is 0.415. The Morgan fingerprint density at radius 3 is 2.67 bits per heavy atom. The van der Waals surface area contributed by atoms with Gasteiger partial charge in [-0.15, -0.1) is 0 Å². The van der Waals surface area contributed by atoms with Gasteiger partial charge in [0.05, 0.1) is 36.3 Å². The molecule has 27 heavy (non-hydrogen) atoms. The second-order valence-corrected chi connectivity index (χ2v) is 8.10. The highest BCUT2D eigenvalue weighted by Gasteiger charge is 2.18. The van der Waals surface area contributed by atoms with E-state index < -0.39 is 10.0 Å². The molecule has 3 rings (SSSR count). The van der Waals surface area contributed by atoms with Crippen LogP contribution in [0.15, 0.2) is 48.8 Å². The van der Waals surface area contributed by atoms with Gasteiger partial charge in [0.25, 0.3) is 0 Å². The summed E-state index contributed by atoms with van der Waals surface area (Å²) in [6.45, 7) is 2.19. The fraction of sp³-hybridized carbons (Fsp3) is 0.263. The van der Waals surface area contributed by atoms with Gasteiger partial charge in [0.1, 0.15) is 5.75 Å². The largest absolute Gasteiger partial charge is 0.497 e. The Labute approximate surface area is 159 Å². The quantitative estimate of drug-likeness (QED) is 0.674. The number of sulfonamides is 1. The van der Waals surface area contributed by atoms with Crippen LogP contribution in [0.25, 0.3) is 22.6 Å². The molecule has 0 aliphatic carbocycles. The van der Waals surface area contributed by atoms with Crippen LogP contribution >= 0.6 is 0 Å². The molecule has 0 amide bonds. The van der Waals surface area contributed by atoms with E-state index in [0.29, 0.717) is 0 Å². The number of nitrogens with zero attached hydrogens (tertiary/aromatic N) is 3. The average molecular weight is 386 g/mol. The summed E-state index contributed by atoms with van der Waals surface area (Å²) in [6, 6.07) is 13.3. The highest BCUT2D eigenvalue weighted by atomic mass is 32.2. The molecule has 7 nitrogen and oxygen atoms in total. The zero-order valence-corrected chi connectivity index (χ0v) is 16.3. The lowest BCUT2D eigenvalue weighted by Gasteiger charge is -2.11. The van der Waals surface area contributed by atoms with Crippen molar-refractivity contribution in [1.82, 2.24) is 19.3 Å². The lowest BCUT2D eigenvalue weighted by atomic mass is 10.1. The molecule has 2 aromatic heterocycles. The van der Waals surface area contributed by atoms with Gasteiger partial charge in [-0.1, -0.05) is 18.2 Å². The maximum absolute atomic E-state index is 11.9. The molecule has 1 N–H and O–H groups in total. The van der Waals surface area contributed by atoms with Gasteiger partial charge in [0, 0.05) is 17.8 Å². The Morgan fingerprint density at radius 2 is 1.96 bits per heavy atom. The smallest absolute Gasteiger partial charge is 0.213 e. The molecule has 2 heterocycles. The predicted octanol–water partition coefficient (Wildman–Crippen LogP) is 2.48. The normalized spacial score (nSPS) is 11.5. The first kappa shape index (κ1) is 19.1. The van der Waals surface area contributed by atoms with Gasteiger partial charge in [-0.3, -0.25) is 4.98 Å². The number of hydrogen-bond acceptors (Lipinski definition) is 5. The number of hydrogen-bond donors (Lipinski definition) is 1. The van der Waals surface area contributed by atoms with Gasteiger partial charge in [0.15, 0.2) is 0 Å². The van der Waals surface area contributed by atoms with Crippen molar-refractivity contribution < 1.29 is 13.2 Å². The van der Waals surface area contributed by atoms with E-state index in [1.807, 2.05) is 54.0 Å². The van der Waals surface area contributed by atoms with Crippen molar-refractivity contribution in [2.75, 3.05) is 19.9 Å². The summed E-state index contributed by atoms with van der Waals surface area (Å²) >= 11 is 0. The highest BCUT2D eigenvalue weighted by molar-refractivity contribution is 7.89. The molecule has 0 saturated heterocycles. The Kier molecular flexibility index (Phi) is 5.57. The van der Waals surface area contributed by atoms with Crippen molar-refractivity contribution in [2.45, 2.75) is 13.5 Å². The number of rotatable bonds is 7. The van der Waals surface area contributed by atoms with Crippen LogP contribution in [0.4, 0.5) is 0 Å². The van der Waals surface area contributed by atoms with Crippen LogP contribution < -0.4 is 9.46 Å². The van der Waals surface area contributed by atoms with Crippen molar-refractivity contribution in [1.29, 1.82) is 0 Å². The van der Waals surface area contributed by atoms with Crippen molar-refractivity contribution in [3.8, 4) is 28.4 Å². The molecule has 0 aliphatic heterocycles. The molecule has 0 unspecified atom stereocenters. The molecular formula is C19H22N4O3S. The van der Waals surface area contributed by atoms with E-state index in [1.165, 1.54) is 7.05 Å². The minimum atomic E-state index is -3.33. The fourth-order valence-corrected chi connectivity index (χ4v) is 3.44. The van der Waals surface area contributed by atoms with E-state index >= 15 is 0 Å². The number of benzene rings is 1. The Balaban J connectivity index is 2.11. The third-order valence-corrected chi connectivity index (χ3v) is 5.57. The Hall–Kier alpha value is -2.71. The number of imidazole rings is 1. The minimum Gasteiger partial charge on any atom is -0.497 e. The molecule has 0 spiro atoms. The molecule has 1 aromatic carbocycles. The van der Waals surface area contributed by atoms with Gasteiger partial charge in [-0.2, -0.15) is 0 Å². The average Bonchev–Trinajstić information content (AvgIpc) is 3.10. The molecular weight excluding hydrogens is 364 g/mol. The Morgan fingerprint density at radius 1 is 1.19 bits per heavy atom. The number of nitrogens with one attached hydrogen (secondary N) is 1. The number of methoxy groups -OCH3 is 1. The van der Waals surface area contributed by atoms with Crippen LogP contribution in [0.1, 0.15) is 5.69 Å². The van der Waals surface area contributed by atoms with Crippen LogP contribution in [0.5, 0.6) is 5.75 Å². The summed E-state index contributed by atoms with van der Waals surface area (Å²) < 4.78 is 33.2. The van der Waals surface area contributed by atoms with Crippen molar-refractivity contribution in [2.24, 2.45) is 0 Å². The van der Waals surface area contributed by atoms with E-state index in [0.717, 1.165) is 34.1 Å². The monoisotopic (exact) mass is 386 g/mol. The first-order valence-electron chi connectivity index (χ1n) is 8.48. The predicted molar refractivity (Wildman–Crippen MR) is 105 cm³/mol. The standard InChI is InChI=1S/C19H22N4O3S/c1-14-6-4-9-17(22-14)19-18(15-7-5-8-16(12-15)26-3)21-13-23(19)10-11-27(24,25)20-2/h4-9,12-13,20H,10-11H2,1-3H3. The molecule has 0 fully saturated rings. The van der Waals surface area contributed by atoms with Gasteiger partial charge < -0.3 is 9.30 Å². The van der Waals surface area contributed by atoms with Gasteiger partial charge >= 0.3 is 0 Å². The van der Waals surface area contributed by atoms with Gasteiger partial charge in [0.2, 0.25) is 10.0 Å². The molecule has 0 saturated carbocycles. The van der Waals surface area contributed by atoms with Gasteiger partial charge in [-0.05, 0) is 38.2 Å². The maximum atomic E-state index is 11.9. The summed E-state index contributed by atoms with van der Waals surface area (Å²) in [5.74, 6) is 0.680. The van der Waals surface area contributed by atoms with Gasteiger partial charge in [-0.25, -0.2) is 18.1 Å². The van der Waals surface area contributed by atoms with Crippen LogP contribution in [-0.2, 0) is 16.6 Å². The number of aromatic nitrogens is 3. The number of ether oxygens (including phenoxy) is 1. The van der Waals surface area contributed by atoms with Crippen molar-refractivity contribution >= 4 is 10.0 Å². The molecule has 0 atom stereocenters. The zero-order valence-electron chi connectivity index (χ0n) is 15.5. The fourth-order valence-electron chi connectivity index (χ4n) is 2.80. The molecule has 142 valence electrons. The molecule has 3 aromatic rings. The lowest BCUT2D eigenvalue weighted by Crippen LogP contribution is -2.24. The highest BCUT2D eigenvalue weighted by Crippen LogP contribution is 2.32. The molecule has 0 aliphatic rings. The second kappa shape index (κ2) is 7.89. The summed E-state index contributed by atoms with van der Waals surface area (Å²) in [5.41, 5.74) is 4.00. The van der Waals surface area contributed by atoms with E-state index in [9.17, 15) is 8.42 Å². The number of pyridine rings is 1. The summed E-state index contributed by atoms with van der Waals surface area (Å²) in [6.07, 6.45) is 1.65. The molecule has 8 heteroatoms. The first-order valence-corrected chi connectivity index (χ1v) is 10.1.